The summed E-state index contributed by atoms with van der Waals surface area (Å²) in [6, 6.07) is 20.8. The van der Waals surface area contributed by atoms with E-state index in [9.17, 15) is 14.4 Å². The second-order valence-electron chi connectivity index (χ2n) is 12.3. The van der Waals surface area contributed by atoms with Gasteiger partial charge in [0.2, 0.25) is 5.91 Å². The van der Waals surface area contributed by atoms with Gasteiger partial charge in [-0.1, -0.05) is 74.8 Å². The van der Waals surface area contributed by atoms with Gasteiger partial charge in [0.25, 0.3) is 5.91 Å². The van der Waals surface area contributed by atoms with Crippen LogP contribution in [0.3, 0.4) is 0 Å². The minimum Gasteiger partial charge on any atom is -0.352 e. The zero-order chi connectivity index (χ0) is 28.9. The number of pyridine rings is 1. The number of likely N-dealkylation sites (tertiary alicyclic amines) is 2. The van der Waals surface area contributed by atoms with Gasteiger partial charge in [-0.25, -0.2) is 0 Å². The third kappa shape index (κ3) is 5.26. The lowest BCUT2D eigenvalue weighted by Gasteiger charge is -2.39. The first-order valence-electron chi connectivity index (χ1n) is 14.0. The van der Waals surface area contributed by atoms with Crippen LogP contribution in [-0.2, 0) is 4.79 Å². The fraction of sp³-hybridized carbons (Fsp3) is 0.333. The van der Waals surface area contributed by atoms with Gasteiger partial charge in [0, 0.05) is 47.2 Å². The number of aromatic nitrogens is 2. The number of hydrogen-bond donors (Lipinski definition) is 1. The van der Waals surface area contributed by atoms with Gasteiger partial charge in [0.15, 0.2) is 5.78 Å². The molecule has 7 nitrogen and oxygen atoms in total. The second-order valence-corrected chi connectivity index (χ2v) is 12.7. The highest BCUT2D eigenvalue weighted by atomic mass is 35.5. The summed E-state index contributed by atoms with van der Waals surface area (Å²) >= 11 is 6.11. The number of rotatable bonds is 6. The molecule has 2 aliphatic rings. The molecule has 8 heteroatoms. The number of nitrogens with one attached hydrogen (secondary N) is 1. The van der Waals surface area contributed by atoms with Gasteiger partial charge in [0.05, 0.1) is 23.7 Å². The van der Waals surface area contributed by atoms with Gasteiger partial charge in [-0.2, -0.15) is 0 Å². The van der Waals surface area contributed by atoms with Crippen molar-refractivity contribution in [3.63, 3.8) is 0 Å². The Bertz CT molecular complexity index is 1620. The molecule has 0 radical (unpaired) electrons. The number of carbonyl (C=O) groups excluding carboxylic acids is 3. The Morgan fingerprint density at radius 3 is 2.34 bits per heavy atom. The monoisotopic (exact) mass is 568 g/mol. The molecule has 0 unspecified atom stereocenters. The van der Waals surface area contributed by atoms with Gasteiger partial charge in [-0.3, -0.25) is 19.4 Å². The minimum absolute atomic E-state index is 0.0186. The number of nitrogens with zero attached hydrogens (tertiary/aromatic N) is 3. The van der Waals surface area contributed by atoms with Crippen molar-refractivity contribution < 1.29 is 14.4 Å². The topological polar surface area (TPSA) is 86.4 Å². The van der Waals surface area contributed by atoms with Crippen LogP contribution in [0.1, 0.15) is 54.6 Å². The molecule has 2 amide bonds. The van der Waals surface area contributed by atoms with E-state index >= 15 is 0 Å². The maximum Gasteiger partial charge on any atom is 0.272 e. The first-order valence-corrected chi connectivity index (χ1v) is 14.4. The van der Waals surface area contributed by atoms with E-state index in [-0.39, 0.29) is 36.1 Å². The third-order valence-electron chi connectivity index (χ3n) is 8.49. The summed E-state index contributed by atoms with van der Waals surface area (Å²) in [7, 11) is 0. The molecule has 41 heavy (non-hydrogen) atoms. The number of H-pyrrole nitrogens is 1. The number of fused-ring (bicyclic) bond motifs is 3. The van der Waals surface area contributed by atoms with Gasteiger partial charge < -0.3 is 14.8 Å². The van der Waals surface area contributed by atoms with Crippen LogP contribution in [0.25, 0.3) is 22.0 Å². The van der Waals surface area contributed by atoms with Crippen molar-refractivity contribution >= 4 is 40.1 Å². The molecule has 2 aromatic heterocycles. The number of carbonyl (C=O) groups is 3. The predicted molar refractivity (Wildman–Crippen MR) is 160 cm³/mol. The average molecular weight is 569 g/mol. The molecule has 2 aromatic carbocycles. The summed E-state index contributed by atoms with van der Waals surface area (Å²) in [6.07, 6.45) is 2.59. The number of ketones is 1. The summed E-state index contributed by atoms with van der Waals surface area (Å²) < 4.78 is 0. The lowest BCUT2D eigenvalue weighted by atomic mass is 9.76. The molecule has 4 aromatic rings. The van der Waals surface area contributed by atoms with E-state index in [2.05, 4.69) is 9.97 Å². The standard InChI is InChI=1S/C33H33ClN4O3/c1-33(2,3)26(16-30(39)29-13-21-9-11-23(34)14-28(21)36-29)31(40)37-18-25-15-24(37)19-38(25)32(41)27-12-10-22(17-35-27)20-7-5-4-6-8-20/h4-14,17,24-26,36H,15-16,18-19H2,1-3H3/t24-,25-,26+/m0/s1. The quantitative estimate of drug-likeness (QED) is 0.279. The zero-order valence-corrected chi connectivity index (χ0v) is 24.2. The molecule has 4 heterocycles. The fourth-order valence-corrected chi connectivity index (χ4v) is 6.34. The lowest BCUT2D eigenvalue weighted by Crippen LogP contribution is -2.53. The van der Waals surface area contributed by atoms with Crippen molar-refractivity contribution in [2.24, 2.45) is 11.3 Å². The molecule has 0 aliphatic carbocycles. The van der Waals surface area contributed by atoms with E-state index in [1.807, 2.05) is 79.1 Å². The van der Waals surface area contributed by atoms with Crippen LogP contribution < -0.4 is 0 Å². The van der Waals surface area contributed by atoms with E-state index < -0.39 is 11.3 Å². The van der Waals surface area contributed by atoms with Crippen LogP contribution in [0.4, 0.5) is 0 Å². The summed E-state index contributed by atoms with van der Waals surface area (Å²) in [5.74, 6) is -0.710. The average Bonchev–Trinajstić information content (AvgIpc) is 3.69. The van der Waals surface area contributed by atoms with Crippen molar-refractivity contribution in [2.45, 2.75) is 45.7 Å². The summed E-state index contributed by atoms with van der Waals surface area (Å²) in [5.41, 5.74) is 3.28. The van der Waals surface area contributed by atoms with Crippen LogP contribution in [0.2, 0.25) is 5.02 Å². The SMILES string of the molecule is CC(C)(C)[C@H](CC(=O)c1cc2ccc(Cl)cc2[nH]1)C(=O)N1C[C@@H]2C[C@H]1CN2C(=O)c1ccc(-c2ccccc2)cn1. The number of benzene rings is 2. The Kier molecular flexibility index (Phi) is 6.94. The molecule has 2 fully saturated rings. The zero-order valence-electron chi connectivity index (χ0n) is 23.4. The van der Waals surface area contributed by atoms with E-state index in [1.54, 1.807) is 24.4 Å². The van der Waals surface area contributed by atoms with Gasteiger partial charge in [-0.15, -0.1) is 0 Å². The number of Topliss-reactive ketones (excluding diaryl/α,β-unsaturated/α-hetero) is 1. The highest BCUT2D eigenvalue weighted by molar-refractivity contribution is 6.31. The fourth-order valence-electron chi connectivity index (χ4n) is 6.16. The largest absolute Gasteiger partial charge is 0.352 e. The minimum atomic E-state index is -0.485. The van der Waals surface area contributed by atoms with Crippen molar-refractivity contribution in [3.05, 3.63) is 89.3 Å². The molecule has 0 saturated carbocycles. The number of aromatic amines is 1. The highest BCUT2D eigenvalue weighted by Gasteiger charge is 2.50. The molecular weight excluding hydrogens is 536 g/mol. The van der Waals surface area contributed by atoms with Crippen LogP contribution in [-0.4, -0.2) is 62.5 Å². The Morgan fingerprint density at radius 1 is 0.951 bits per heavy atom. The number of amides is 2. The summed E-state index contributed by atoms with van der Waals surface area (Å²) in [6.45, 7) is 6.96. The van der Waals surface area contributed by atoms with Crippen LogP contribution >= 0.6 is 11.6 Å². The van der Waals surface area contributed by atoms with Crippen LogP contribution in [0.5, 0.6) is 0 Å². The van der Waals surface area contributed by atoms with E-state index in [0.29, 0.717) is 29.5 Å². The predicted octanol–water partition coefficient (Wildman–Crippen LogP) is 6.24. The molecule has 0 spiro atoms. The first-order chi connectivity index (χ1) is 19.6. The molecule has 2 saturated heterocycles. The molecular formula is C33H33ClN4O3. The van der Waals surface area contributed by atoms with Crippen LogP contribution in [0, 0.1) is 11.3 Å². The Labute approximate surface area is 244 Å². The molecule has 2 bridgehead atoms. The Hall–Kier alpha value is -3.97. The molecule has 6 rings (SSSR count). The van der Waals surface area contributed by atoms with Gasteiger partial charge >= 0.3 is 0 Å². The molecule has 210 valence electrons. The van der Waals surface area contributed by atoms with E-state index in [1.165, 1.54) is 0 Å². The van der Waals surface area contributed by atoms with Crippen molar-refractivity contribution in [3.8, 4) is 11.1 Å². The second kappa shape index (κ2) is 10.5. The van der Waals surface area contributed by atoms with Crippen LogP contribution in [0.15, 0.2) is 72.9 Å². The molecule has 1 N–H and O–H groups in total. The normalized spacial score (nSPS) is 19.1. The summed E-state index contributed by atoms with van der Waals surface area (Å²) in [5, 5.41) is 1.50. The van der Waals surface area contributed by atoms with Crippen molar-refractivity contribution in [1.29, 1.82) is 0 Å². The number of piperazine rings is 1. The Balaban J connectivity index is 1.13. The van der Waals surface area contributed by atoms with Gasteiger partial charge in [-0.05, 0) is 41.7 Å². The smallest absolute Gasteiger partial charge is 0.272 e. The Morgan fingerprint density at radius 2 is 1.68 bits per heavy atom. The van der Waals surface area contributed by atoms with Gasteiger partial charge in [0.1, 0.15) is 5.69 Å². The van der Waals surface area contributed by atoms with E-state index in [4.69, 9.17) is 11.6 Å². The molecule has 2 aliphatic heterocycles. The maximum atomic E-state index is 13.9. The maximum absolute atomic E-state index is 13.9. The number of halogens is 1. The number of hydrogen-bond acceptors (Lipinski definition) is 4. The third-order valence-corrected chi connectivity index (χ3v) is 8.73. The summed E-state index contributed by atoms with van der Waals surface area (Å²) in [4.78, 5) is 52.0. The highest BCUT2D eigenvalue weighted by Crippen LogP contribution is 2.38. The molecule has 3 atom stereocenters. The van der Waals surface area contributed by atoms with E-state index in [0.717, 1.165) is 28.5 Å². The van der Waals surface area contributed by atoms with Crippen molar-refractivity contribution in [1.82, 2.24) is 19.8 Å². The van der Waals surface area contributed by atoms with Crippen molar-refractivity contribution in [2.75, 3.05) is 13.1 Å². The first kappa shape index (κ1) is 27.2. The lowest BCUT2D eigenvalue weighted by molar-refractivity contribution is -0.141.